The molecule has 4 aromatic carbocycles. The van der Waals surface area contributed by atoms with Gasteiger partial charge in [-0.25, -0.2) is 4.98 Å². The summed E-state index contributed by atoms with van der Waals surface area (Å²) in [5.41, 5.74) is 9.99. The molecule has 8 nitrogen and oxygen atoms in total. The van der Waals surface area contributed by atoms with Crippen LogP contribution in [0.4, 0.5) is 0 Å². The van der Waals surface area contributed by atoms with E-state index in [1.807, 2.05) is 47.2 Å². The first-order valence-corrected chi connectivity index (χ1v) is 22.8. The molecule has 0 fully saturated rings. The normalized spacial score (nSPS) is 11.6. The zero-order chi connectivity index (χ0) is 45.1. The number of aromatic nitrogens is 6. The van der Waals surface area contributed by atoms with E-state index < -0.39 is 0 Å². The molecule has 0 amide bonds. The second kappa shape index (κ2) is 22.2. The van der Waals surface area contributed by atoms with E-state index in [1.165, 1.54) is 0 Å². The Morgan fingerprint density at radius 1 is 0.485 bits per heavy atom. The topological polar surface area (TPSA) is 87.8 Å². The Hall–Kier alpha value is -5.03. The summed E-state index contributed by atoms with van der Waals surface area (Å²) in [5, 5.41) is 11.4. The average Bonchev–Trinajstić information content (AvgIpc) is 3.56. The van der Waals surface area contributed by atoms with E-state index in [4.69, 9.17) is 19.6 Å². The molecule has 0 bridgehead atoms. The Kier molecular flexibility index (Phi) is 16.9. The summed E-state index contributed by atoms with van der Waals surface area (Å²) in [6.07, 6.45) is 8.64. The largest absolute Gasteiger partial charge is 2.00 e. The van der Waals surface area contributed by atoms with Gasteiger partial charge in [-0.2, -0.15) is 22.9 Å². The molecule has 0 spiro atoms. The van der Waals surface area contributed by atoms with Gasteiger partial charge in [0.25, 0.3) is 5.95 Å². The van der Waals surface area contributed by atoms with Crippen molar-refractivity contribution in [2.45, 2.75) is 101 Å². The van der Waals surface area contributed by atoms with Crippen LogP contribution in [0.5, 0.6) is 23.0 Å². The van der Waals surface area contributed by atoms with Crippen LogP contribution in [0.25, 0.3) is 50.3 Å². The fourth-order valence-electron chi connectivity index (χ4n) is 8.15. The Morgan fingerprint density at radius 3 is 1.27 bits per heavy atom. The molecule has 0 aliphatic carbocycles. The molecule has 4 aromatic heterocycles. The van der Waals surface area contributed by atoms with Gasteiger partial charge in [0.2, 0.25) is 0 Å². The number of hydrogen-bond donors (Lipinski definition) is 0. The van der Waals surface area contributed by atoms with Gasteiger partial charge in [0, 0.05) is 35.4 Å². The number of nitrogens with zero attached hydrogens (tertiary/aromatic N) is 6. The molecule has 4 heterocycles. The van der Waals surface area contributed by atoms with Crippen molar-refractivity contribution in [1.82, 2.24) is 29.7 Å². The van der Waals surface area contributed by atoms with Crippen molar-refractivity contribution in [3.8, 4) is 51.5 Å². The van der Waals surface area contributed by atoms with Crippen LogP contribution < -0.4 is 9.47 Å². The van der Waals surface area contributed by atoms with E-state index in [-0.39, 0.29) is 48.0 Å². The zero-order valence-corrected chi connectivity index (χ0v) is 44.1. The van der Waals surface area contributed by atoms with Gasteiger partial charge >= 0.3 is 42.1 Å². The van der Waals surface area contributed by atoms with Crippen LogP contribution in [0, 0.1) is 47.9 Å². The van der Waals surface area contributed by atoms with Gasteiger partial charge in [-0.15, -0.1) is 68.8 Å². The van der Waals surface area contributed by atoms with Crippen LogP contribution in [0.2, 0.25) is 0 Å². The smallest absolute Gasteiger partial charge is 0.502 e. The number of hydrogen-bond acceptors (Lipinski definition) is 7. The van der Waals surface area contributed by atoms with Gasteiger partial charge in [0.15, 0.2) is 0 Å². The van der Waals surface area contributed by atoms with Gasteiger partial charge < -0.3 is 24.0 Å². The van der Waals surface area contributed by atoms with Crippen LogP contribution >= 0.6 is 0 Å². The van der Waals surface area contributed by atoms with E-state index in [0.717, 1.165) is 98.0 Å². The molecule has 0 aliphatic rings. The zero-order valence-electron chi connectivity index (χ0n) is 39.5. The Balaban J connectivity index is 0.00000360. The van der Waals surface area contributed by atoms with Crippen molar-refractivity contribution in [1.29, 1.82) is 0 Å². The van der Waals surface area contributed by atoms with Crippen LogP contribution in [0.3, 0.4) is 0 Å². The summed E-state index contributed by atoms with van der Waals surface area (Å²) < 4.78 is 16.1. The van der Waals surface area contributed by atoms with Gasteiger partial charge in [0.1, 0.15) is 0 Å². The average molecular weight is 1240 g/mol. The van der Waals surface area contributed by atoms with Gasteiger partial charge in [-0.3, -0.25) is 0 Å². The minimum atomic E-state index is 0. The summed E-state index contributed by atoms with van der Waals surface area (Å²) in [6.45, 7) is 22.0. The molecule has 0 N–H and O–H groups in total. The Morgan fingerprint density at radius 2 is 0.909 bits per heavy atom. The third-order valence-electron chi connectivity index (χ3n) is 11.1. The molecular formula is C56H58N6O2Pt2. The monoisotopic (exact) mass is 1240 g/mol. The minimum absolute atomic E-state index is 0. The molecule has 10 heteroatoms. The molecule has 0 aliphatic heterocycles. The second-order valence-electron chi connectivity index (χ2n) is 18.9. The molecule has 0 unspecified atom stereocenters. The fourth-order valence-corrected chi connectivity index (χ4v) is 8.15. The predicted octanol–water partition coefficient (Wildman–Crippen LogP) is 13.8. The maximum Gasteiger partial charge on any atom is 2.00 e. The van der Waals surface area contributed by atoms with Gasteiger partial charge in [0.05, 0.1) is 11.9 Å². The Labute approximate surface area is 420 Å². The first-order valence-electron chi connectivity index (χ1n) is 22.8. The second-order valence-corrected chi connectivity index (χ2v) is 18.9. The molecule has 0 atom stereocenters. The molecule has 8 aromatic rings. The number of rotatable bonds is 16. The quantitative estimate of drug-likeness (QED) is 0.0891. The molecule has 66 heavy (non-hydrogen) atoms. The molecule has 0 saturated heterocycles. The number of fused-ring (bicyclic) bond motifs is 3. The third kappa shape index (κ3) is 11.6. The standard InChI is InChI=1S/C56H58N6O2.2Pt/c1-34(2)23-41-19-17-39(47-15-11-13-21-57-47)29-52(41)63-54-31-50-45(27-43(54)25-36(5)6)46-28-44(26-37(7)8)55(32-51(46)62(50)56-59-33-49(38(9)10)60-61-56)64-53-30-40(48-16-12-14-22-58-48)18-20-42(53)24-35(3)4;;/h11-22,27-28,33-38H,23-26H2,1-10H3;;/q-4;2*+2. The van der Waals surface area contributed by atoms with Crippen molar-refractivity contribution in [2.24, 2.45) is 23.7 Å². The van der Waals surface area contributed by atoms with Crippen LogP contribution in [-0.4, -0.2) is 29.7 Å². The summed E-state index contributed by atoms with van der Waals surface area (Å²) in [5.74, 6) is 4.68. The molecule has 8 rings (SSSR count). The minimum Gasteiger partial charge on any atom is -0.502 e. The molecule has 0 radical (unpaired) electrons. The molecule has 344 valence electrons. The van der Waals surface area contributed by atoms with Crippen molar-refractivity contribution in [2.75, 3.05) is 0 Å². The van der Waals surface area contributed by atoms with Crippen molar-refractivity contribution in [3.05, 3.63) is 144 Å². The van der Waals surface area contributed by atoms with E-state index in [0.29, 0.717) is 52.6 Å². The number of benzene rings is 4. The number of pyridine rings is 2. The van der Waals surface area contributed by atoms with Gasteiger partial charge in [-0.05, 0) is 29.4 Å². The SMILES string of the molecule is CC(C)Cc1ccc(-c2ccccn2)[c-]c1Oc1[c-]c2c(cc1CC(C)C)c1cc(CC(C)C)c(Oc3[c-]c(-c4ccccn4)ccc3CC(C)C)[c-]c1n2-c1ncc(C(C)C)nn1.[Pt+2].[Pt+2]. The fraction of sp³-hybridized carbons (Fsp3) is 0.339. The first-order chi connectivity index (χ1) is 30.8. The maximum absolute atomic E-state index is 7.07. The van der Waals surface area contributed by atoms with E-state index in [2.05, 4.69) is 145 Å². The maximum atomic E-state index is 7.07. The van der Waals surface area contributed by atoms with Gasteiger partial charge in [-0.1, -0.05) is 177 Å². The van der Waals surface area contributed by atoms with E-state index in [9.17, 15) is 0 Å². The van der Waals surface area contributed by atoms with E-state index >= 15 is 0 Å². The number of ether oxygens (including phenoxy) is 2. The van der Waals surface area contributed by atoms with Crippen LogP contribution in [0.1, 0.15) is 103 Å². The summed E-state index contributed by atoms with van der Waals surface area (Å²) in [7, 11) is 0. The Bertz CT molecular complexity index is 2710. The van der Waals surface area contributed by atoms with Crippen molar-refractivity contribution in [3.63, 3.8) is 0 Å². The van der Waals surface area contributed by atoms with Crippen molar-refractivity contribution < 1.29 is 51.6 Å². The predicted molar refractivity (Wildman–Crippen MR) is 257 cm³/mol. The van der Waals surface area contributed by atoms with Crippen molar-refractivity contribution >= 4 is 21.8 Å². The summed E-state index contributed by atoms with van der Waals surface area (Å²) >= 11 is 0. The van der Waals surface area contributed by atoms with Crippen LogP contribution in [-0.2, 0) is 67.8 Å². The molecule has 0 saturated carbocycles. The molecular weight excluding hydrogens is 1180 g/mol. The first kappa shape index (κ1) is 50.4. The third-order valence-corrected chi connectivity index (χ3v) is 11.1. The van der Waals surface area contributed by atoms with Crippen LogP contribution in [0.15, 0.2) is 91.4 Å². The summed E-state index contributed by atoms with van der Waals surface area (Å²) in [6, 6.07) is 39.6. The summed E-state index contributed by atoms with van der Waals surface area (Å²) in [4.78, 5) is 14.2. The van der Waals surface area contributed by atoms with E-state index in [1.54, 1.807) is 12.4 Å².